The van der Waals surface area contributed by atoms with E-state index in [4.69, 9.17) is 4.42 Å². The summed E-state index contributed by atoms with van der Waals surface area (Å²) in [6.45, 7) is 3.91. The SMILES string of the molecule is CN1CCN(c2ccc(NS(=O)(=O)c3ccc4oc(=O)n(C)c4c3)cc2)CC1. The molecule has 0 atom stereocenters. The van der Waals surface area contributed by atoms with Gasteiger partial charge in [-0.1, -0.05) is 0 Å². The van der Waals surface area contributed by atoms with Crippen molar-refractivity contribution in [2.24, 2.45) is 7.05 Å². The number of rotatable bonds is 4. The van der Waals surface area contributed by atoms with Crippen LogP contribution in [0.25, 0.3) is 11.1 Å². The Hall–Kier alpha value is -2.78. The summed E-state index contributed by atoms with van der Waals surface area (Å²) in [6.07, 6.45) is 0. The van der Waals surface area contributed by atoms with Gasteiger partial charge in [-0.05, 0) is 49.5 Å². The molecule has 0 amide bonds. The number of anilines is 2. The van der Waals surface area contributed by atoms with Gasteiger partial charge >= 0.3 is 5.76 Å². The van der Waals surface area contributed by atoms with E-state index < -0.39 is 15.8 Å². The molecule has 1 fully saturated rings. The van der Waals surface area contributed by atoms with Gasteiger partial charge in [0.05, 0.1) is 10.4 Å². The second kappa shape index (κ2) is 6.99. The lowest BCUT2D eigenvalue weighted by Gasteiger charge is -2.34. The first-order valence-corrected chi connectivity index (χ1v) is 10.5. The summed E-state index contributed by atoms with van der Waals surface area (Å²) >= 11 is 0. The van der Waals surface area contributed by atoms with Crippen molar-refractivity contribution in [1.29, 1.82) is 0 Å². The third-order valence-electron chi connectivity index (χ3n) is 5.06. The molecule has 1 aliphatic heterocycles. The monoisotopic (exact) mass is 402 g/mol. The number of hydrogen-bond acceptors (Lipinski definition) is 6. The minimum absolute atomic E-state index is 0.0690. The highest BCUT2D eigenvalue weighted by atomic mass is 32.2. The van der Waals surface area contributed by atoms with Crippen molar-refractivity contribution in [1.82, 2.24) is 9.47 Å². The van der Waals surface area contributed by atoms with Gasteiger partial charge in [-0.2, -0.15) is 0 Å². The van der Waals surface area contributed by atoms with E-state index in [2.05, 4.69) is 21.6 Å². The van der Waals surface area contributed by atoms with Crippen LogP contribution in [0.4, 0.5) is 11.4 Å². The van der Waals surface area contributed by atoms with Crippen molar-refractivity contribution in [3.63, 3.8) is 0 Å². The highest BCUT2D eigenvalue weighted by Crippen LogP contribution is 2.23. The smallest absolute Gasteiger partial charge is 0.408 e. The van der Waals surface area contributed by atoms with Gasteiger partial charge in [-0.3, -0.25) is 9.29 Å². The lowest BCUT2D eigenvalue weighted by atomic mass is 10.2. The van der Waals surface area contributed by atoms with Crippen LogP contribution in [-0.2, 0) is 17.1 Å². The first kappa shape index (κ1) is 18.6. The molecule has 0 bridgehead atoms. The number of nitrogens with zero attached hydrogens (tertiary/aromatic N) is 3. The zero-order chi connectivity index (χ0) is 19.9. The van der Waals surface area contributed by atoms with E-state index in [1.165, 1.54) is 29.8 Å². The summed E-state index contributed by atoms with van der Waals surface area (Å²) in [5.74, 6) is -0.531. The molecule has 1 saturated heterocycles. The maximum atomic E-state index is 12.7. The number of nitrogens with one attached hydrogen (secondary N) is 1. The third kappa shape index (κ3) is 3.50. The summed E-state index contributed by atoms with van der Waals surface area (Å²) in [5.41, 5.74) is 2.34. The van der Waals surface area contributed by atoms with Crippen LogP contribution in [-0.4, -0.2) is 51.1 Å². The predicted octanol–water partition coefficient (Wildman–Crippen LogP) is 1.68. The minimum atomic E-state index is -3.78. The number of piperazine rings is 1. The lowest BCUT2D eigenvalue weighted by Crippen LogP contribution is -2.44. The molecule has 0 radical (unpaired) electrons. The van der Waals surface area contributed by atoms with Gasteiger partial charge in [0.1, 0.15) is 0 Å². The molecule has 148 valence electrons. The van der Waals surface area contributed by atoms with E-state index in [0.717, 1.165) is 31.9 Å². The number of fused-ring (bicyclic) bond motifs is 1. The van der Waals surface area contributed by atoms with Gasteiger partial charge in [0.2, 0.25) is 0 Å². The lowest BCUT2D eigenvalue weighted by molar-refractivity contribution is 0.313. The molecular formula is C19H22N4O4S. The molecule has 0 saturated carbocycles. The molecule has 8 nitrogen and oxygen atoms in total. The third-order valence-corrected chi connectivity index (χ3v) is 6.44. The van der Waals surface area contributed by atoms with E-state index in [9.17, 15) is 13.2 Å². The zero-order valence-electron chi connectivity index (χ0n) is 15.8. The van der Waals surface area contributed by atoms with Crippen LogP contribution < -0.4 is 15.4 Å². The number of aryl methyl sites for hydroxylation is 1. The predicted molar refractivity (Wildman–Crippen MR) is 108 cm³/mol. The normalized spacial score (nSPS) is 15.9. The van der Waals surface area contributed by atoms with Crippen molar-refractivity contribution in [2.75, 3.05) is 42.8 Å². The van der Waals surface area contributed by atoms with E-state index >= 15 is 0 Å². The molecule has 1 aromatic heterocycles. The standard InChI is InChI=1S/C19H22N4O4S/c1-21-9-11-23(12-10-21)15-5-3-14(4-6-15)20-28(25,26)16-7-8-18-17(13-16)22(2)19(24)27-18/h3-8,13,20H,9-12H2,1-2H3. The van der Waals surface area contributed by atoms with Gasteiger partial charge in [-0.25, -0.2) is 13.2 Å². The molecule has 0 spiro atoms. The fourth-order valence-corrected chi connectivity index (χ4v) is 4.37. The highest BCUT2D eigenvalue weighted by molar-refractivity contribution is 7.92. The Bertz CT molecular complexity index is 1160. The Morgan fingerprint density at radius 2 is 1.64 bits per heavy atom. The fourth-order valence-electron chi connectivity index (χ4n) is 3.29. The quantitative estimate of drug-likeness (QED) is 0.715. The molecular weight excluding hydrogens is 380 g/mol. The molecule has 0 unspecified atom stereocenters. The maximum Gasteiger partial charge on any atom is 0.419 e. The first-order valence-electron chi connectivity index (χ1n) is 8.99. The van der Waals surface area contributed by atoms with Gasteiger partial charge < -0.3 is 14.2 Å². The number of sulfonamides is 1. The van der Waals surface area contributed by atoms with E-state index in [1.54, 1.807) is 12.1 Å². The van der Waals surface area contributed by atoms with Crippen molar-refractivity contribution in [2.45, 2.75) is 4.90 Å². The molecule has 2 aromatic carbocycles. The topological polar surface area (TPSA) is 87.8 Å². The fraction of sp³-hybridized carbons (Fsp3) is 0.316. The average Bonchev–Trinajstić information content (AvgIpc) is 2.96. The molecule has 1 aliphatic rings. The zero-order valence-corrected chi connectivity index (χ0v) is 16.6. The second-order valence-electron chi connectivity index (χ2n) is 7.00. The van der Waals surface area contributed by atoms with E-state index in [1.807, 2.05) is 12.1 Å². The van der Waals surface area contributed by atoms with Crippen LogP contribution in [0.5, 0.6) is 0 Å². The second-order valence-corrected chi connectivity index (χ2v) is 8.68. The molecule has 1 N–H and O–H groups in total. The number of likely N-dealkylation sites (N-methyl/N-ethyl adjacent to an activating group) is 1. The number of benzene rings is 2. The van der Waals surface area contributed by atoms with Gasteiger partial charge in [0.25, 0.3) is 10.0 Å². The Balaban J connectivity index is 1.54. The molecule has 3 aromatic rings. The number of hydrogen-bond donors (Lipinski definition) is 1. The number of oxazole rings is 1. The summed E-state index contributed by atoms with van der Waals surface area (Å²) in [4.78, 5) is 16.2. The summed E-state index contributed by atoms with van der Waals surface area (Å²) < 4.78 is 34.4. The van der Waals surface area contributed by atoms with Gasteiger partial charge in [0, 0.05) is 44.6 Å². The van der Waals surface area contributed by atoms with E-state index in [0.29, 0.717) is 16.8 Å². The Morgan fingerprint density at radius 3 is 2.32 bits per heavy atom. The van der Waals surface area contributed by atoms with Crippen molar-refractivity contribution < 1.29 is 12.8 Å². The van der Waals surface area contributed by atoms with Crippen molar-refractivity contribution >= 4 is 32.5 Å². The maximum absolute atomic E-state index is 12.7. The average molecular weight is 402 g/mol. The van der Waals surface area contributed by atoms with Gasteiger partial charge in [0.15, 0.2) is 5.58 Å². The van der Waals surface area contributed by atoms with Gasteiger partial charge in [-0.15, -0.1) is 0 Å². The Kier molecular flexibility index (Phi) is 4.64. The summed E-state index contributed by atoms with van der Waals surface area (Å²) in [5, 5.41) is 0. The van der Waals surface area contributed by atoms with Crippen LogP contribution in [0.3, 0.4) is 0 Å². The van der Waals surface area contributed by atoms with Crippen molar-refractivity contribution in [3.8, 4) is 0 Å². The summed E-state index contributed by atoms with van der Waals surface area (Å²) in [7, 11) is -0.143. The minimum Gasteiger partial charge on any atom is -0.408 e. The van der Waals surface area contributed by atoms with Crippen LogP contribution in [0.1, 0.15) is 0 Å². The van der Waals surface area contributed by atoms with E-state index in [-0.39, 0.29) is 4.90 Å². The Labute approximate surface area is 163 Å². The molecule has 4 rings (SSSR count). The number of aromatic nitrogens is 1. The van der Waals surface area contributed by atoms with Crippen LogP contribution in [0.2, 0.25) is 0 Å². The molecule has 2 heterocycles. The molecule has 28 heavy (non-hydrogen) atoms. The van der Waals surface area contributed by atoms with Crippen LogP contribution in [0.15, 0.2) is 56.6 Å². The largest absolute Gasteiger partial charge is 0.419 e. The summed E-state index contributed by atoms with van der Waals surface area (Å²) in [6, 6.07) is 11.7. The molecule has 0 aliphatic carbocycles. The van der Waals surface area contributed by atoms with Crippen LogP contribution >= 0.6 is 0 Å². The van der Waals surface area contributed by atoms with Crippen molar-refractivity contribution in [3.05, 3.63) is 53.0 Å². The Morgan fingerprint density at radius 1 is 0.964 bits per heavy atom. The first-order chi connectivity index (χ1) is 13.3. The van der Waals surface area contributed by atoms with Crippen LogP contribution in [0, 0.1) is 0 Å². The molecule has 9 heteroatoms. The highest BCUT2D eigenvalue weighted by Gasteiger charge is 2.18.